The molecule has 5 nitrogen and oxygen atoms in total. The number of ether oxygens (including phenoxy) is 1. The summed E-state index contributed by atoms with van der Waals surface area (Å²) in [5.74, 6) is 0. The number of amides is 1. The van der Waals surface area contributed by atoms with Gasteiger partial charge in [-0.3, -0.25) is 0 Å². The molecule has 0 unspecified atom stereocenters. The molecule has 5 rings (SSSR count). The number of aliphatic hydroxyl groups is 1. The van der Waals surface area contributed by atoms with Gasteiger partial charge in [-0.2, -0.15) is 0 Å². The predicted molar refractivity (Wildman–Crippen MR) is 130 cm³/mol. The molecule has 1 aromatic heterocycles. The normalized spacial score (nSPS) is 15.8. The Kier molecular flexibility index (Phi) is 6.13. The van der Waals surface area contributed by atoms with Crippen LogP contribution in [0.3, 0.4) is 0 Å². The third-order valence-corrected chi connectivity index (χ3v) is 6.48. The van der Waals surface area contributed by atoms with Gasteiger partial charge in [0, 0.05) is 29.7 Å². The Morgan fingerprint density at radius 2 is 1.82 bits per heavy atom. The van der Waals surface area contributed by atoms with Crippen LogP contribution in [0.4, 0.5) is 4.79 Å². The minimum atomic E-state index is -0.234. The first kappa shape index (κ1) is 21.3. The summed E-state index contributed by atoms with van der Waals surface area (Å²) in [4.78, 5) is 18.1. The zero-order valence-electron chi connectivity index (χ0n) is 18.5. The zero-order valence-corrected chi connectivity index (χ0v) is 18.5. The van der Waals surface area contributed by atoms with E-state index in [0.29, 0.717) is 6.61 Å². The fourth-order valence-corrected chi connectivity index (χ4v) is 4.72. The second-order valence-electron chi connectivity index (χ2n) is 8.67. The quantitative estimate of drug-likeness (QED) is 0.406. The number of aromatic amines is 1. The van der Waals surface area contributed by atoms with Crippen LogP contribution in [-0.4, -0.2) is 33.7 Å². The lowest BCUT2D eigenvalue weighted by Gasteiger charge is -2.24. The molecule has 0 saturated carbocycles. The van der Waals surface area contributed by atoms with Gasteiger partial charge in [0.05, 0.1) is 6.61 Å². The Balaban J connectivity index is 1.33. The second kappa shape index (κ2) is 9.51. The number of rotatable bonds is 6. The summed E-state index contributed by atoms with van der Waals surface area (Å²) in [5, 5.41) is 10.6. The molecule has 1 aliphatic rings. The Bertz CT molecular complexity index is 1250. The molecule has 2 heterocycles. The largest absolute Gasteiger partial charge is 0.445 e. The van der Waals surface area contributed by atoms with E-state index < -0.39 is 0 Å². The maximum atomic E-state index is 12.8. The fraction of sp³-hybridized carbons (Fsp3) is 0.250. The standard InChI is InChI=1S/C28H28N2O3/c31-18-21-8-4-9-22(14-21)23-11-12-27-26(16-23)24(17-29-27)15-25-10-5-13-30(25)28(32)33-19-20-6-2-1-3-7-20/h1-4,6-9,11-12,14,16-17,25,29,31H,5,10,13,15,18-19H2/t25-/m1/s1. The van der Waals surface area contributed by atoms with Crippen LogP contribution in [0.5, 0.6) is 0 Å². The highest BCUT2D eigenvalue weighted by Crippen LogP contribution is 2.30. The van der Waals surface area contributed by atoms with Crippen molar-refractivity contribution >= 4 is 17.0 Å². The van der Waals surface area contributed by atoms with Crippen molar-refractivity contribution in [2.75, 3.05) is 6.54 Å². The van der Waals surface area contributed by atoms with Gasteiger partial charge in [0.2, 0.25) is 0 Å². The lowest BCUT2D eigenvalue weighted by molar-refractivity contribution is 0.0921. The zero-order chi connectivity index (χ0) is 22.6. The monoisotopic (exact) mass is 440 g/mol. The minimum Gasteiger partial charge on any atom is -0.445 e. The van der Waals surface area contributed by atoms with Crippen LogP contribution in [0.25, 0.3) is 22.0 Å². The Morgan fingerprint density at radius 1 is 1.00 bits per heavy atom. The molecule has 5 heteroatoms. The lowest BCUT2D eigenvalue weighted by Crippen LogP contribution is -2.37. The molecule has 4 aromatic rings. The summed E-state index contributed by atoms with van der Waals surface area (Å²) in [5.41, 5.74) is 6.39. The minimum absolute atomic E-state index is 0.0311. The van der Waals surface area contributed by atoms with Crippen LogP contribution < -0.4 is 0 Å². The Hall–Kier alpha value is -3.57. The number of nitrogens with zero attached hydrogens (tertiary/aromatic N) is 1. The van der Waals surface area contributed by atoms with E-state index in [4.69, 9.17) is 4.74 Å². The van der Waals surface area contributed by atoms with E-state index in [1.807, 2.05) is 53.4 Å². The first-order valence-corrected chi connectivity index (χ1v) is 11.5. The van der Waals surface area contributed by atoms with Crippen LogP contribution in [0, 0.1) is 0 Å². The molecular formula is C28H28N2O3. The number of hydrogen-bond donors (Lipinski definition) is 2. The number of H-pyrrole nitrogens is 1. The van der Waals surface area contributed by atoms with Crippen LogP contribution in [0.1, 0.15) is 29.5 Å². The first-order valence-electron chi connectivity index (χ1n) is 11.5. The van der Waals surface area contributed by atoms with E-state index in [2.05, 4.69) is 35.4 Å². The van der Waals surface area contributed by atoms with Crippen molar-refractivity contribution in [2.24, 2.45) is 0 Å². The molecule has 0 spiro atoms. The average molecular weight is 441 g/mol. The lowest BCUT2D eigenvalue weighted by atomic mass is 9.98. The number of aromatic nitrogens is 1. The third kappa shape index (κ3) is 4.64. The third-order valence-electron chi connectivity index (χ3n) is 6.48. The van der Waals surface area contributed by atoms with Crippen molar-refractivity contribution in [1.82, 2.24) is 9.88 Å². The smallest absolute Gasteiger partial charge is 0.410 e. The predicted octanol–water partition coefficient (Wildman–Crippen LogP) is 5.67. The van der Waals surface area contributed by atoms with E-state index >= 15 is 0 Å². The van der Waals surface area contributed by atoms with Crippen LogP contribution in [0.15, 0.2) is 79.0 Å². The fourth-order valence-electron chi connectivity index (χ4n) is 4.72. The molecule has 168 valence electrons. The number of hydrogen-bond acceptors (Lipinski definition) is 3. The van der Waals surface area contributed by atoms with E-state index in [9.17, 15) is 9.90 Å². The number of fused-ring (bicyclic) bond motifs is 1. The Labute approximate surface area is 193 Å². The molecule has 1 amide bonds. The molecule has 2 N–H and O–H groups in total. The molecule has 0 radical (unpaired) electrons. The molecule has 1 aliphatic heterocycles. The molecule has 1 saturated heterocycles. The second-order valence-corrected chi connectivity index (χ2v) is 8.67. The maximum Gasteiger partial charge on any atom is 0.410 e. The van der Waals surface area contributed by atoms with Crippen LogP contribution in [0.2, 0.25) is 0 Å². The number of likely N-dealkylation sites (tertiary alicyclic amines) is 1. The summed E-state index contributed by atoms with van der Waals surface area (Å²) >= 11 is 0. The summed E-state index contributed by atoms with van der Waals surface area (Å²) < 4.78 is 5.61. The molecule has 0 aliphatic carbocycles. The van der Waals surface area contributed by atoms with Crippen molar-refractivity contribution in [3.63, 3.8) is 0 Å². The van der Waals surface area contributed by atoms with E-state index in [-0.39, 0.29) is 18.7 Å². The van der Waals surface area contributed by atoms with E-state index in [0.717, 1.165) is 53.6 Å². The highest BCUT2D eigenvalue weighted by Gasteiger charge is 2.30. The Morgan fingerprint density at radius 3 is 2.67 bits per heavy atom. The van der Waals surface area contributed by atoms with Gasteiger partial charge in [-0.15, -0.1) is 0 Å². The molecule has 33 heavy (non-hydrogen) atoms. The number of nitrogens with one attached hydrogen (secondary N) is 1. The van der Waals surface area contributed by atoms with Gasteiger partial charge in [0.15, 0.2) is 0 Å². The summed E-state index contributed by atoms with van der Waals surface area (Å²) in [6, 6.07) is 24.3. The highest BCUT2D eigenvalue weighted by molar-refractivity contribution is 5.88. The topological polar surface area (TPSA) is 65.6 Å². The number of carbonyl (C=O) groups excluding carboxylic acids is 1. The molecule has 1 atom stereocenters. The summed E-state index contributed by atoms with van der Waals surface area (Å²) in [6.07, 6.45) is 4.59. The van der Waals surface area contributed by atoms with Crippen molar-refractivity contribution in [3.8, 4) is 11.1 Å². The van der Waals surface area contributed by atoms with Crippen molar-refractivity contribution in [1.29, 1.82) is 0 Å². The van der Waals surface area contributed by atoms with Gasteiger partial charge < -0.3 is 19.7 Å². The van der Waals surface area contributed by atoms with Gasteiger partial charge in [0.1, 0.15) is 6.61 Å². The molecule has 3 aromatic carbocycles. The van der Waals surface area contributed by atoms with Crippen molar-refractivity contribution in [2.45, 2.75) is 38.5 Å². The van der Waals surface area contributed by atoms with Gasteiger partial charge in [-0.25, -0.2) is 4.79 Å². The average Bonchev–Trinajstić information content (AvgIpc) is 3.50. The highest BCUT2D eigenvalue weighted by atomic mass is 16.6. The van der Waals surface area contributed by atoms with Gasteiger partial charge in [0.25, 0.3) is 0 Å². The number of benzene rings is 3. The van der Waals surface area contributed by atoms with Gasteiger partial charge in [-0.1, -0.05) is 54.6 Å². The van der Waals surface area contributed by atoms with Crippen molar-refractivity contribution in [3.05, 3.63) is 95.7 Å². The summed E-state index contributed by atoms with van der Waals surface area (Å²) in [6.45, 7) is 1.06. The van der Waals surface area contributed by atoms with Gasteiger partial charge >= 0.3 is 6.09 Å². The van der Waals surface area contributed by atoms with Crippen LogP contribution >= 0.6 is 0 Å². The van der Waals surface area contributed by atoms with Gasteiger partial charge in [-0.05, 0) is 65.3 Å². The molecule has 0 bridgehead atoms. The number of carbonyl (C=O) groups is 1. The molecular weight excluding hydrogens is 412 g/mol. The summed E-state index contributed by atoms with van der Waals surface area (Å²) in [7, 11) is 0. The van der Waals surface area contributed by atoms with Crippen LogP contribution in [-0.2, 0) is 24.4 Å². The SMILES string of the molecule is O=C(OCc1ccccc1)N1CCC[C@@H]1Cc1c[nH]c2ccc(-c3cccc(CO)c3)cc12. The van der Waals surface area contributed by atoms with E-state index in [1.54, 1.807) is 0 Å². The van der Waals surface area contributed by atoms with E-state index in [1.165, 1.54) is 10.9 Å². The van der Waals surface area contributed by atoms with Crippen molar-refractivity contribution < 1.29 is 14.6 Å². The first-order chi connectivity index (χ1) is 16.2. The maximum absolute atomic E-state index is 12.8. The molecule has 1 fully saturated rings. The number of aliphatic hydroxyl groups excluding tert-OH is 1.